The van der Waals surface area contributed by atoms with Crippen molar-refractivity contribution in [3.63, 3.8) is 0 Å². The molecule has 2 heterocycles. The first-order valence-corrected chi connectivity index (χ1v) is 14.3. The Hall–Kier alpha value is -3.77. The Morgan fingerprint density at radius 2 is 1.56 bits per heavy atom. The first-order chi connectivity index (χ1) is 19.3. The molecule has 2 N–H and O–H groups in total. The topological polar surface area (TPSA) is 139 Å². The quantitative estimate of drug-likeness (QED) is 0.164. The van der Waals surface area contributed by atoms with Gasteiger partial charge < -0.3 is 9.47 Å². The molecule has 0 saturated carbocycles. The Bertz CT molecular complexity index is 1520. The van der Waals surface area contributed by atoms with Crippen molar-refractivity contribution < 1.29 is 37.5 Å². The highest BCUT2D eigenvalue weighted by molar-refractivity contribution is 7.93. The highest BCUT2D eigenvalue weighted by Crippen LogP contribution is 2.36. The minimum Gasteiger partial charge on any atom is -0.494 e. The van der Waals surface area contributed by atoms with Gasteiger partial charge in [0.25, 0.3) is 17.7 Å². The van der Waals surface area contributed by atoms with Crippen LogP contribution < -0.4 is 10.2 Å². The third-order valence-corrected chi connectivity index (χ3v) is 9.85. The second kappa shape index (κ2) is 12.4. The van der Waals surface area contributed by atoms with Gasteiger partial charge in [-0.15, -0.1) is 12.4 Å². The van der Waals surface area contributed by atoms with E-state index in [4.69, 9.17) is 9.47 Å². The molecule has 1 saturated heterocycles. The maximum absolute atomic E-state index is 13.5. The summed E-state index contributed by atoms with van der Waals surface area (Å²) >= 11 is 0. The fourth-order valence-corrected chi connectivity index (χ4v) is 7.03. The number of rotatable bonds is 9. The van der Waals surface area contributed by atoms with E-state index in [-0.39, 0.29) is 68.3 Å². The molecule has 3 amide bonds. The van der Waals surface area contributed by atoms with Gasteiger partial charge in [-0.05, 0) is 66.8 Å². The van der Waals surface area contributed by atoms with Crippen LogP contribution in [0.3, 0.4) is 0 Å². The van der Waals surface area contributed by atoms with Crippen molar-refractivity contribution in [2.45, 2.75) is 28.9 Å². The molecule has 1 fully saturated rings. The number of hydrogen-bond donors (Lipinski definition) is 2. The van der Waals surface area contributed by atoms with Gasteiger partial charge in [0, 0.05) is 19.8 Å². The molecule has 12 heteroatoms. The molecule has 0 aromatic heterocycles. The number of sulfone groups is 1. The highest BCUT2D eigenvalue weighted by atomic mass is 35.5. The van der Waals surface area contributed by atoms with Gasteiger partial charge in [-0.25, -0.2) is 13.9 Å². The normalized spacial score (nSPS) is 16.1. The van der Waals surface area contributed by atoms with Crippen molar-refractivity contribution in [1.82, 2.24) is 10.4 Å². The molecule has 0 bridgehead atoms. The molecule has 2 aliphatic rings. The average Bonchev–Trinajstić information content (AvgIpc) is 3.24. The van der Waals surface area contributed by atoms with E-state index in [1.165, 1.54) is 22.5 Å². The Kier molecular flexibility index (Phi) is 9.13. The van der Waals surface area contributed by atoms with Crippen molar-refractivity contribution >= 4 is 40.0 Å². The molecule has 0 atom stereocenters. The van der Waals surface area contributed by atoms with E-state index < -0.39 is 20.5 Å². The maximum Gasteiger partial charge on any atom is 0.265 e. The van der Waals surface area contributed by atoms with Crippen LogP contribution in [0.1, 0.15) is 40.0 Å². The summed E-state index contributed by atoms with van der Waals surface area (Å²) < 4.78 is 36.2. The predicted molar refractivity (Wildman–Crippen MR) is 151 cm³/mol. The SMILES string of the molecule is Cl.O=C1c2ccccc2C(=O)N1CCCOc1cccc(-c2ccc(S(=O)(=O)C3(C(=O)NO)CCOCC3)cc2)c1. The van der Waals surface area contributed by atoms with Crippen molar-refractivity contribution in [3.05, 3.63) is 83.9 Å². The van der Waals surface area contributed by atoms with Gasteiger partial charge in [-0.3, -0.25) is 24.5 Å². The first kappa shape index (κ1) is 30.2. The summed E-state index contributed by atoms with van der Waals surface area (Å²) in [5.74, 6) is -0.981. The maximum atomic E-state index is 13.5. The minimum absolute atomic E-state index is 0. The molecule has 5 rings (SSSR count). The largest absolute Gasteiger partial charge is 0.494 e. The van der Waals surface area contributed by atoms with Crippen molar-refractivity contribution in [2.24, 2.45) is 0 Å². The summed E-state index contributed by atoms with van der Waals surface area (Å²) in [6, 6.07) is 20.2. The Morgan fingerprint density at radius 3 is 2.17 bits per heavy atom. The van der Waals surface area contributed by atoms with Gasteiger partial charge in [0.1, 0.15) is 5.75 Å². The van der Waals surface area contributed by atoms with Crippen molar-refractivity contribution in [2.75, 3.05) is 26.4 Å². The van der Waals surface area contributed by atoms with E-state index in [9.17, 15) is 28.0 Å². The molecule has 216 valence electrons. The van der Waals surface area contributed by atoms with Crippen LogP contribution in [-0.4, -0.2) is 67.4 Å². The first-order valence-electron chi connectivity index (χ1n) is 12.8. The number of nitrogens with zero attached hydrogens (tertiary/aromatic N) is 1. The lowest BCUT2D eigenvalue weighted by Gasteiger charge is -2.34. The molecule has 0 aliphatic carbocycles. The summed E-state index contributed by atoms with van der Waals surface area (Å²) in [4.78, 5) is 38.7. The van der Waals surface area contributed by atoms with Crippen LogP contribution in [0, 0.1) is 0 Å². The number of carbonyl (C=O) groups is 3. The third kappa shape index (κ3) is 5.58. The molecule has 3 aromatic rings. The second-order valence-corrected chi connectivity index (χ2v) is 11.9. The van der Waals surface area contributed by atoms with Crippen molar-refractivity contribution in [3.8, 4) is 16.9 Å². The molecule has 2 aliphatic heterocycles. The van der Waals surface area contributed by atoms with Gasteiger partial charge >= 0.3 is 0 Å². The standard InChI is InChI=1S/C29H28N2O8S.ClH/c32-26-24-7-1-2-8-25(24)27(33)31(26)15-4-16-39-22-6-3-5-21(19-22)20-9-11-23(12-10-20)40(36,37)29(28(34)30-35)13-17-38-18-14-29;/h1-3,5-12,19,35H,4,13-18H2,(H,30,34);1H. The molecule has 10 nitrogen and oxygen atoms in total. The fourth-order valence-electron chi connectivity index (χ4n) is 5.09. The Balaban J connectivity index is 0.00000387. The van der Waals surface area contributed by atoms with E-state index in [1.807, 2.05) is 18.2 Å². The van der Waals surface area contributed by atoms with E-state index in [0.29, 0.717) is 23.3 Å². The van der Waals surface area contributed by atoms with Gasteiger partial charge in [0.2, 0.25) is 0 Å². The van der Waals surface area contributed by atoms with Crippen molar-refractivity contribution in [1.29, 1.82) is 0 Å². The highest BCUT2D eigenvalue weighted by Gasteiger charge is 2.52. The second-order valence-electron chi connectivity index (χ2n) is 9.61. The lowest BCUT2D eigenvalue weighted by Crippen LogP contribution is -2.54. The smallest absolute Gasteiger partial charge is 0.265 e. The van der Waals surface area contributed by atoms with Crippen LogP contribution >= 0.6 is 12.4 Å². The summed E-state index contributed by atoms with van der Waals surface area (Å²) in [6.45, 7) is 0.711. The Labute approximate surface area is 243 Å². The molecular formula is C29H29ClN2O8S. The van der Waals surface area contributed by atoms with Crippen LogP contribution in [-0.2, 0) is 19.4 Å². The van der Waals surface area contributed by atoms with Crippen LogP contribution in [0.25, 0.3) is 11.1 Å². The monoisotopic (exact) mass is 600 g/mol. The fraction of sp³-hybridized carbons (Fsp3) is 0.276. The van der Waals surface area contributed by atoms with Crippen LogP contribution in [0.15, 0.2) is 77.7 Å². The summed E-state index contributed by atoms with van der Waals surface area (Å²) in [5, 5.41) is 9.23. The molecule has 0 radical (unpaired) electrons. The summed E-state index contributed by atoms with van der Waals surface area (Å²) in [5.41, 5.74) is 3.88. The zero-order chi connectivity index (χ0) is 28.3. The van der Waals surface area contributed by atoms with Gasteiger partial charge in [0.05, 0.1) is 22.6 Å². The predicted octanol–water partition coefficient (Wildman–Crippen LogP) is 3.67. The molecule has 41 heavy (non-hydrogen) atoms. The van der Waals surface area contributed by atoms with Gasteiger partial charge in [-0.2, -0.15) is 0 Å². The third-order valence-electron chi connectivity index (χ3n) is 7.34. The number of halogens is 1. The minimum atomic E-state index is -4.12. The van der Waals surface area contributed by atoms with E-state index in [2.05, 4.69) is 0 Å². The lowest BCUT2D eigenvalue weighted by atomic mass is 9.98. The summed E-state index contributed by atoms with van der Waals surface area (Å²) in [6.07, 6.45) is 0.336. The van der Waals surface area contributed by atoms with Crippen LogP contribution in [0.5, 0.6) is 5.75 Å². The lowest BCUT2D eigenvalue weighted by molar-refractivity contribution is -0.134. The number of nitrogens with one attached hydrogen (secondary N) is 1. The van der Waals surface area contributed by atoms with Gasteiger partial charge in [-0.1, -0.05) is 36.4 Å². The van der Waals surface area contributed by atoms with Crippen LogP contribution in [0.4, 0.5) is 0 Å². The molecule has 3 aromatic carbocycles. The summed E-state index contributed by atoms with van der Waals surface area (Å²) in [7, 11) is -4.12. The zero-order valence-electron chi connectivity index (χ0n) is 21.9. The van der Waals surface area contributed by atoms with E-state index in [1.54, 1.807) is 42.5 Å². The van der Waals surface area contributed by atoms with Crippen LogP contribution in [0.2, 0.25) is 0 Å². The number of hydrogen-bond acceptors (Lipinski definition) is 8. The number of hydroxylamine groups is 1. The number of ether oxygens (including phenoxy) is 2. The van der Waals surface area contributed by atoms with E-state index >= 15 is 0 Å². The number of imide groups is 1. The molecule has 0 spiro atoms. The molecule has 0 unspecified atom stereocenters. The van der Waals surface area contributed by atoms with E-state index in [0.717, 1.165) is 11.1 Å². The molecular weight excluding hydrogens is 572 g/mol. The number of amides is 3. The average molecular weight is 601 g/mol. The Morgan fingerprint density at radius 1 is 0.927 bits per heavy atom. The number of benzene rings is 3. The number of carbonyl (C=O) groups excluding carboxylic acids is 3. The van der Waals surface area contributed by atoms with Gasteiger partial charge in [0.15, 0.2) is 14.6 Å². The number of fused-ring (bicyclic) bond motifs is 1. The zero-order valence-corrected chi connectivity index (χ0v) is 23.6.